The molecule has 0 aliphatic heterocycles. The molecule has 0 heterocycles. The Hall–Kier alpha value is -1.59. The second-order valence-electron chi connectivity index (χ2n) is 23.1. The lowest BCUT2D eigenvalue weighted by atomic mass is 10.0. The van der Waals surface area contributed by atoms with Crippen LogP contribution in [0.3, 0.4) is 0 Å². The van der Waals surface area contributed by atoms with Crippen LogP contribution in [-0.2, 0) is 28.6 Å². The van der Waals surface area contributed by atoms with Crippen molar-refractivity contribution in [1.82, 2.24) is 0 Å². The molecule has 0 aromatic rings. The van der Waals surface area contributed by atoms with Gasteiger partial charge in [0.2, 0.25) is 0 Å². The molecule has 0 unspecified atom stereocenters. The number of carbonyl (C=O) groups excluding carboxylic acids is 3. The fraction of sp³-hybridized carbons (Fsp3) is 0.952. The minimum atomic E-state index is -0.764. The summed E-state index contributed by atoms with van der Waals surface area (Å²) in [5.74, 6) is 1.67. The third-order valence-corrected chi connectivity index (χ3v) is 14.4. The fourth-order valence-corrected chi connectivity index (χ4v) is 9.71. The van der Waals surface area contributed by atoms with Crippen LogP contribution in [0, 0.1) is 17.8 Å². The summed E-state index contributed by atoms with van der Waals surface area (Å²) in [7, 11) is 0. The minimum Gasteiger partial charge on any atom is -0.462 e. The van der Waals surface area contributed by atoms with Crippen molar-refractivity contribution in [3.8, 4) is 0 Å². The summed E-state index contributed by atoms with van der Waals surface area (Å²) in [4.78, 5) is 38.2. The Morgan fingerprint density at radius 1 is 0.246 bits per heavy atom. The number of ether oxygens (including phenoxy) is 3. The molecule has 6 heteroatoms. The molecule has 0 aromatic carbocycles. The van der Waals surface area contributed by atoms with Crippen molar-refractivity contribution in [3.05, 3.63) is 0 Å². The van der Waals surface area contributed by atoms with Crippen LogP contribution in [0.15, 0.2) is 0 Å². The first-order chi connectivity index (χ1) is 33.6. The van der Waals surface area contributed by atoms with Gasteiger partial charge in [-0.1, -0.05) is 311 Å². The first kappa shape index (κ1) is 67.4. The Morgan fingerprint density at radius 3 is 0.623 bits per heavy atom. The monoisotopic (exact) mass is 975 g/mol. The number of rotatable bonds is 56. The molecule has 0 amide bonds. The summed E-state index contributed by atoms with van der Waals surface area (Å²) in [5, 5.41) is 0. The largest absolute Gasteiger partial charge is 0.462 e. The summed E-state index contributed by atoms with van der Waals surface area (Å²) in [6.07, 6.45) is 58.3. The second-order valence-corrected chi connectivity index (χ2v) is 23.1. The molecule has 0 saturated heterocycles. The van der Waals surface area contributed by atoms with E-state index in [0.29, 0.717) is 19.3 Å². The highest BCUT2D eigenvalue weighted by molar-refractivity contribution is 5.71. The molecule has 1 atom stereocenters. The first-order valence-electron chi connectivity index (χ1n) is 31.1. The quantitative estimate of drug-likeness (QED) is 0.0343. The highest BCUT2D eigenvalue weighted by Gasteiger charge is 2.19. The normalized spacial score (nSPS) is 12.1. The summed E-state index contributed by atoms with van der Waals surface area (Å²) in [5.41, 5.74) is 0. The van der Waals surface area contributed by atoms with Gasteiger partial charge < -0.3 is 14.2 Å². The predicted octanol–water partition coefficient (Wildman–Crippen LogP) is 20.7. The molecule has 410 valence electrons. The lowest BCUT2D eigenvalue weighted by Gasteiger charge is -2.18. The molecule has 0 N–H and O–H groups in total. The smallest absolute Gasteiger partial charge is 0.306 e. The molecule has 0 radical (unpaired) electrons. The zero-order valence-corrected chi connectivity index (χ0v) is 47.6. The molecule has 0 aliphatic carbocycles. The zero-order valence-electron chi connectivity index (χ0n) is 47.6. The lowest BCUT2D eigenvalue weighted by Crippen LogP contribution is -2.30. The standard InChI is InChI=1S/C63H122O6/c1-57(2)49-43-37-31-25-21-17-13-9-7-8-10-16-20-24-28-36-42-48-54-63(66)69-60(56-68-62(65)53-47-41-35-30-29-33-39-45-51-59(5)6)55-67-61(64)52-46-40-34-27-23-19-15-12-11-14-18-22-26-32-38-44-50-58(3)4/h57-60H,7-56H2,1-6H3/t60-/m1/s1. The van der Waals surface area contributed by atoms with Gasteiger partial charge in [0.25, 0.3) is 0 Å². The molecule has 0 fully saturated rings. The van der Waals surface area contributed by atoms with Crippen LogP contribution in [0.5, 0.6) is 0 Å². The molecule has 6 nitrogen and oxygen atoms in total. The summed E-state index contributed by atoms with van der Waals surface area (Å²) >= 11 is 0. The van der Waals surface area contributed by atoms with Gasteiger partial charge in [0.15, 0.2) is 6.10 Å². The Bertz CT molecular complexity index is 1070. The fourth-order valence-electron chi connectivity index (χ4n) is 9.71. The van der Waals surface area contributed by atoms with Crippen molar-refractivity contribution in [2.45, 2.75) is 356 Å². The van der Waals surface area contributed by atoms with Crippen molar-refractivity contribution < 1.29 is 28.6 Å². The predicted molar refractivity (Wildman–Crippen MR) is 298 cm³/mol. The van der Waals surface area contributed by atoms with E-state index in [2.05, 4.69) is 41.5 Å². The zero-order chi connectivity index (χ0) is 50.5. The van der Waals surface area contributed by atoms with Gasteiger partial charge in [-0.2, -0.15) is 0 Å². The SMILES string of the molecule is CC(C)CCCCCCCCCCCCCCCCCCCCC(=O)O[C@H](COC(=O)CCCCCCCCCCCCCCCCCCC(C)C)COC(=O)CCCCCCCCCCC(C)C. The topological polar surface area (TPSA) is 78.9 Å². The van der Waals surface area contributed by atoms with E-state index in [1.807, 2.05) is 0 Å². The van der Waals surface area contributed by atoms with Crippen LogP contribution in [0.4, 0.5) is 0 Å². The number of hydrogen-bond donors (Lipinski definition) is 0. The van der Waals surface area contributed by atoms with E-state index >= 15 is 0 Å². The molecule has 0 aliphatic rings. The molecular formula is C63H122O6. The van der Waals surface area contributed by atoms with E-state index in [9.17, 15) is 14.4 Å². The average Bonchev–Trinajstić information content (AvgIpc) is 3.31. The van der Waals surface area contributed by atoms with Gasteiger partial charge in [0.05, 0.1) is 0 Å². The van der Waals surface area contributed by atoms with Gasteiger partial charge in [-0.3, -0.25) is 14.4 Å². The summed E-state index contributed by atoms with van der Waals surface area (Å²) < 4.78 is 16.9. The van der Waals surface area contributed by atoms with E-state index < -0.39 is 6.10 Å². The third kappa shape index (κ3) is 57.2. The number of esters is 3. The third-order valence-electron chi connectivity index (χ3n) is 14.4. The Morgan fingerprint density at radius 2 is 0.420 bits per heavy atom. The van der Waals surface area contributed by atoms with Gasteiger partial charge in [-0.15, -0.1) is 0 Å². The van der Waals surface area contributed by atoms with E-state index in [1.165, 1.54) is 231 Å². The van der Waals surface area contributed by atoms with Crippen LogP contribution in [0.25, 0.3) is 0 Å². The minimum absolute atomic E-state index is 0.0633. The van der Waals surface area contributed by atoms with E-state index in [4.69, 9.17) is 14.2 Å². The first-order valence-corrected chi connectivity index (χ1v) is 31.1. The number of hydrogen-bond acceptors (Lipinski definition) is 6. The van der Waals surface area contributed by atoms with Gasteiger partial charge in [0, 0.05) is 19.3 Å². The van der Waals surface area contributed by atoms with Crippen molar-refractivity contribution in [2.24, 2.45) is 17.8 Å². The molecule has 0 aromatic heterocycles. The van der Waals surface area contributed by atoms with E-state index in [-0.39, 0.29) is 31.1 Å². The Kier molecular flexibility index (Phi) is 52.9. The Labute approximate surface area is 431 Å². The maximum atomic E-state index is 12.9. The summed E-state index contributed by atoms with van der Waals surface area (Å²) in [6.45, 7) is 13.8. The van der Waals surface area contributed by atoms with Crippen LogP contribution >= 0.6 is 0 Å². The molecule has 0 spiro atoms. The Balaban J connectivity index is 4.22. The van der Waals surface area contributed by atoms with Gasteiger partial charge in [0.1, 0.15) is 13.2 Å². The summed E-state index contributed by atoms with van der Waals surface area (Å²) in [6, 6.07) is 0. The van der Waals surface area contributed by atoms with Crippen molar-refractivity contribution in [1.29, 1.82) is 0 Å². The maximum absolute atomic E-state index is 12.9. The highest BCUT2D eigenvalue weighted by Crippen LogP contribution is 2.19. The maximum Gasteiger partial charge on any atom is 0.306 e. The van der Waals surface area contributed by atoms with Gasteiger partial charge >= 0.3 is 17.9 Å². The van der Waals surface area contributed by atoms with Crippen LogP contribution in [0.2, 0.25) is 0 Å². The van der Waals surface area contributed by atoms with Gasteiger partial charge in [-0.25, -0.2) is 0 Å². The van der Waals surface area contributed by atoms with E-state index in [0.717, 1.165) is 75.5 Å². The molecule has 69 heavy (non-hydrogen) atoms. The van der Waals surface area contributed by atoms with Crippen LogP contribution < -0.4 is 0 Å². The number of unbranched alkanes of at least 4 members (excludes halogenated alkanes) is 39. The van der Waals surface area contributed by atoms with Crippen molar-refractivity contribution >= 4 is 17.9 Å². The van der Waals surface area contributed by atoms with Crippen molar-refractivity contribution in [3.63, 3.8) is 0 Å². The highest BCUT2D eigenvalue weighted by atomic mass is 16.6. The number of carbonyl (C=O) groups is 3. The van der Waals surface area contributed by atoms with Gasteiger partial charge in [-0.05, 0) is 37.0 Å². The van der Waals surface area contributed by atoms with Crippen LogP contribution in [-0.4, -0.2) is 37.2 Å². The second kappa shape index (κ2) is 54.2. The average molecular weight is 976 g/mol. The molecular weight excluding hydrogens is 853 g/mol. The van der Waals surface area contributed by atoms with E-state index in [1.54, 1.807) is 0 Å². The lowest BCUT2D eigenvalue weighted by molar-refractivity contribution is -0.167. The molecule has 0 saturated carbocycles. The molecule has 0 bridgehead atoms. The van der Waals surface area contributed by atoms with Crippen LogP contribution in [0.1, 0.15) is 350 Å². The molecule has 0 rings (SSSR count). The van der Waals surface area contributed by atoms with Crippen molar-refractivity contribution in [2.75, 3.05) is 13.2 Å².